The van der Waals surface area contributed by atoms with Crippen LogP contribution in [-0.4, -0.2) is 16.1 Å². The van der Waals surface area contributed by atoms with Crippen LogP contribution in [0.5, 0.6) is 0 Å². The van der Waals surface area contributed by atoms with Crippen molar-refractivity contribution in [3.8, 4) is 0 Å². The van der Waals surface area contributed by atoms with E-state index in [1.165, 1.54) is 44.4 Å². The van der Waals surface area contributed by atoms with Crippen molar-refractivity contribution in [1.29, 1.82) is 0 Å². The molecule has 3 heterocycles. The molecule has 0 N–H and O–H groups in total. The zero-order valence-corrected chi connectivity index (χ0v) is 19.9. The predicted octanol–water partition coefficient (Wildman–Crippen LogP) is 6.36. The van der Waals surface area contributed by atoms with Crippen molar-refractivity contribution >= 4 is 16.7 Å². The normalized spacial score (nSPS) is 14.1. The first-order valence-electron chi connectivity index (χ1n) is 11.6. The fourth-order valence-electron chi connectivity index (χ4n) is 4.90. The Morgan fingerprint density at radius 1 is 0.969 bits per heavy atom. The summed E-state index contributed by atoms with van der Waals surface area (Å²) >= 11 is 0. The molecule has 1 radical (unpaired) electrons. The molecule has 3 heteroatoms. The highest BCUT2D eigenvalue weighted by Gasteiger charge is 2.23. The van der Waals surface area contributed by atoms with E-state index in [0.717, 1.165) is 31.9 Å². The standard InChI is InChI=1S/C29H32N3/c1-20-21(2)32(18-22-10-12-25(13-11-22)29(3,4)5)27-26(20)14-16-30-28(27)31-17-15-23-8-6-7-9-24(23)19-31/h6-14H,15,17-19H2,1-5H3. The van der Waals surface area contributed by atoms with E-state index < -0.39 is 0 Å². The Morgan fingerprint density at radius 3 is 2.41 bits per heavy atom. The quantitative estimate of drug-likeness (QED) is 0.383. The fourth-order valence-corrected chi connectivity index (χ4v) is 4.90. The highest BCUT2D eigenvalue weighted by Crippen LogP contribution is 2.34. The molecule has 0 bridgehead atoms. The third-order valence-electron chi connectivity index (χ3n) is 7.06. The highest BCUT2D eigenvalue weighted by molar-refractivity contribution is 5.93. The maximum atomic E-state index is 4.79. The van der Waals surface area contributed by atoms with Crippen molar-refractivity contribution < 1.29 is 0 Å². The first kappa shape index (κ1) is 20.8. The van der Waals surface area contributed by atoms with E-state index in [4.69, 9.17) is 4.98 Å². The lowest BCUT2D eigenvalue weighted by Crippen LogP contribution is -2.31. The molecule has 0 aliphatic carbocycles. The molecule has 2 aromatic carbocycles. The summed E-state index contributed by atoms with van der Waals surface area (Å²) < 4.78 is 2.45. The van der Waals surface area contributed by atoms with Gasteiger partial charge in [-0.2, -0.15) is 0 Å². The van der Waals surface area contributed by atoms with Crippen LogP contribution in [0, 0.1) is 20.0 Å². The van der Waals surface area contributed by atoms with Crippen molar-refractivity contribution in [2.75, 3.05) is 11.4 Å². The second-order valence-corrected chi connectivity index (χ2v) is 10.2. The predicted molar refractivity (Wildman–Crippen MR) is 133 cm³/mol. The molecule has 0 fully saturated rings. The lowest BCUT2D eigenvalue weighted by molar-refractivity contribution is 0.590. The Kier molecular flexibility index (Phi) is 5.08. The molecule has 0 spiro atoms. The lowest BCUT2D eigenvalue weighted by Gasteiger charge is -2.30. The lowest BCUT2D eigenvalue weighted by atomic mass is 9.87. The molecular formula is C29H32N3. The van der Waals surface area contributed by atoms with Crippen molar-refractivity contribution in [3.05, 3.63) is 94.3 Å². The average molecular weight is 423 g/mol. The van der Waals surface area contributed by atoms with Gasteiger partial charge in [0.1, 0.15) is 0 Å². The minimum atomic E-state index is 0.169. The minimum Gasteiger partial charge on any atom is -0.350 e. The van der Waals surface area contributed by atoms with E-state index in [1.54, 1.807) is 0 Å². The van der Waals surface area contributed by atoms with Gasteiger partial charge in [-0.1, -0.05) is 69.3 Å². The van der Waals surface area contributed by atoms with Crippen LogP contribution in [-0.2, 0) is 24.9 Å². The maximum absolute atomic E-state index is 4.79. The van der Waals surface area contributed by atoms with Crippen molar-refractivity contribution in [2.24, 2.45) is 0 Å². The largest absolute Gasteiger partial charge is 0.350 e. The third kappa shape index (κ3) is 3.60. The van der Waals surface area contributed by atoms with Crippen LogP contribution in [0.3, 0.4) is 0 Å². The molecule has 2 aromatic heterocycles. The van der Waals surface area contributed by atoms with Crippen LogP contribution in [0.15, 0.2) is 54.6 Å². The zero-order chi connectivity index (χ0) is 22.5. The van der Waals surface area contributed by atoms with Crippen molar-refractivity contribution in [2.45, 2.75) is 59.5 Å². The molecule has 32 heavy (non-hydrogen) atoms. The number of aromatic nitrogens is 2. The van der Waals surface area contributed by atoms with Gasteiger partial charge in [0.05, 0.1) is 11.7 Å². The number of anilines is 1. The van der Waals surface area contributed by atoms with E-state index in [-0.39, 0.29) is 5.41 Å². The summed E-state index contributed by atoms with van der Waals surface area (Å²) in [5.41, 5.74) is 9.59. The van der Waals surface area contributed by atoms with Gasteiger partial charge in [-0.15, -0.1) is 0 Å². The van der Waals surface area contributed by atoms with Gasteiger partial charge in [0.25, 0.3) is 0 Å². The number of aryl methyl sites for hydroxylation is 1. The van der Waals surface area contributed by atoms with Gasteiger partial charge < -0.3 is 9.47 Å². The van der Waals surface area contributed by atoms with Gasteiger partial charge in [0.15, 0.2) is 5.82 Å². The number of hydrogen-bond acceptors (Lipinski definition) is 2. The molecule has 0 saturated carbocycles. The topological polar surface area (TPSA) is 21.1 Å². The second-order valence-electron chi connectivity index (χ2n) is 10.2. The molecule has 5 rings (SSSR count). The first-order valence-corrected chi connectivity index (χ1v) is 11.6. The van der Waals surface area contributed by atoms with Crippen LogP contribution in [0.1, 0.15) is 54.3 Å². The van der Waals surface area contributed by atoms with Crippen LogP contribution >= 0.6 is 0 Å². The molecule has 0 amide bonds. The number of hydrogen-bond donors (Lipinski definition) is 0. The van der Waals surface area contributed by atoms with Crippen molar-refractivity contribution in [1.82, 2.24) is 9.55 Å². The summed E-state index contributed by atoms with van der Waals surface area (Å²) in [5, 5.41) is 1.26. The number of rotatable bonds is 3. The van der Waals surface area contributed by atoms with Gasteiger partial charge in [0, 0.05) is 30.7 Å². The molecular weight excluding hydrogens is 390 g/mol. The van der Waals surface area contributed by atoms with Gasteiger partial charge in [-0.3, -0.25) is 0 Å². The fraction of sp³-hybridized carbons (Fsp3) is 0.345. The monoisotopic (exact) mass is 422 g/mol. The van der Waals surface area contributed by atoms with Gasteiger partial charge in [-0.05, 0) is 59.6 Å². The Balaban J connectivity index is 1.56. The smallest absolute Gasteiger partial charge is 0.154 e. The Hall–Kier alpha value is -3.07. The Bertz CT molecular complexity index is 1270. The number of nitrogens with zero attached hydrogens (tertiary/aromatic N) is 3. The number of fused-ring (bicyclic) bond motifs is 2. The second kappa shape index (κ2) is 7.81. The van der Waals surface area contributed by atoms with Crippen LogP contribution < -0.4 is 4.90 Å². The molecule has 163 valence electrons. The molecule has 1 aliphatic heterocycles. The summed E-state index contributed by atoms with van der Waals surface area (Å²) in [4.78, 5) is 7.22. The summed E-state index contributed by atoms with van der Waals surface area (Å²) in [5.74, 6) is 1.06. The van der Waals surface area contributed by atoms with Crippen LogP contribution in [0.2, 0.25) is 0 Å². The molecule has 0 saturated heterocycles. The summed E-state index contributed by atoms with van der Waals surface area (Å²) in [6, 6.07) is 19.9. The van der Waals surface area contributed by atoms with Gasteiger partial charge in [0.2, 0.25) is 0 Å². The summed E-state index contributed by atoms with van der Waals surface area (Å²) in [6.07, 6.45) is 4.25. The Morgan fingerprint density at radius 2 is 1.69 bits per heavy atom. The maximum Gasteiger partial charge on any atom is 0.154 e. The zero-order valence-electron chi connectivity index (χ0n) is 19.9. The first-order chi connectivity index (χ1) is 15.3. The SMILES string of the molecule is Cc1c(C)n(Cc2ccc(C(C)(C)C)cc2)c2c(N3CCc4ccccc4C3)n[c]cc12. The molecule has 1 aliphatic rings. The average Bonchev–Trinajstić information content (AvgIpc) is 3.03. The van der Waals surface area contributed by atoms with E-state index >= 15 is 0 Å². The van der Waals surface area contributed by atoms with E-state index in [2.05, 4.69) is 105 Å². The highest BCUT2D eigenvalue weighted by atomic mass is 15.2. The molecule has 0 atom stereocenters. The van der Waals surface area contributed by atoms with E-state index in [1.807, 2.05) is 0 Å². The number of benzene rings is 2. The van der Waals surface area contributed by atoms with E-state index in [9.17, 15) is 0 Å². The Labute approximate surface area is 191 Å². The van der Waals surface area contributed by atoms with Gasteiger partial charge >= 0.3 is 0 Å². The molecule has 0 unspecified atom stereocenters. The van der Waals surface area contributed by atoms with Crippen LogP contribution in [0.25, 0.3) is 10.9 Å². The molecule has 4 aromatic rings. The third-order valence-corrected chi connectivity index (χ3v) is 7.06. The minimum absolute atomic E-state index is 0.169. The molecule has 3 nitrogen and oxygen atoms in total. The summed E-state index contributed by atoms with van der Waals surface area (Å²) in [6.45, 7) is 14.0. The summed E-state index contributed by atoms with van der Waals surface area (Å²) in [7, 11) is 0. The van der Waals surface area contributed by atoms with E-state index in [0.29, 0.717) is 0 Å². The number of pyridine rings is 1. The van der Waals surface area contributed by atoms with Crippen molar-refractivity contribution in [3.63, 3.8) is 0 Å². The van der Waals surface area contributed by atoms with Crippen LogP contribution in [0.4, 0.5) is 5.82 Å². The van der Waals surface area contributed by atoms with Gasteiger partial charge in [-0.25, -0.2) is 4.98 Å².